The lowest BCUT2D eigenvalue weighted by Crippen LogP contribution is -2.27. The van der Waals surface area contributed by atoms with Crippen LogP contribution in [0.4, 0.5) is 8.78 Å². The predicted molar refractivity (Wildman–Crippen MR) is 65.8 cm³/mol. The van der Waals surface area contributed by atoms with Gasteiger partial charge in [-0.05, 0) is 12.1 Å². The average molecular weight is 286 g/mol. The lowest BCUT2D eigenvalue weighted by Gasteiger charge is -2.16. The second-order valence-corrected chi connectivity index (χ2v) is 4.35. The molecule has 19 heavy (non-hydrogen) atoms. The number of aromatic amines is 1. The molecule has 2 aromatic rings. The highest BCUT2D eigenvalue weighted by molar-refractivity contribution is 6.30. The van der Waals surface area contributed by atoms with Crippen LogP contribution >= 0.6 is 11.6 Å². The number of halogens is 3. The Morgan fingerprint density at radius 2 is 2.16 bits per heavy atom. The van der Waals surface area contributed by atoms with Crippen molar-refractivity contribution in [3.8, 4) is 0 Å². The number of H-pyrrole nitrogens is 1. The van der Waals surface area contributed by atoms with E-state index in [1.54, 1.807) is 6.20 Å². The molecule has 100 valence electrons. The van der Waals surface area contributed by atoms with Crippen LogP contribution in [0.25, 0.3) is 0 Å². The van der Waals surface area contributed by atoms with E-state index in [2.05, 4.69) is 9.97 Å². The van der Waals surface area contributed by atoms with Gasteiger partial charge in [0.1, 0.15) is 17.5 Å². The summed E-state index contributed by atoms with van der Waals surface area (Å²) in [5.41, 5.74) is -0.365. The van der Waals surface area contributed by atoms with Gasteiger partial charge in [0.05, 0.1) is 17.1 Å². The molecule has 0 atom stereocenters. The Balaban J connectivity index is 2.21. The van der Waals surface area contributed by atoms with E-state index in [1.807, 2.05) is 0 Å². The van der Waals surface area contributed by atoms with Crippen LogP contribution in [0.5, 0.6) is 0 Å². The van der Waals surface area contributed by atoms with Gasteiger partial charge in [-0.3, -0.25) is 4.79 Å². The summed E-state index contributed by atoms with van der Waals surface area (Å²) in [6.45, 7) is 0.162. The van der Waals surface area contributed by atoms with Crippen molar-refractivity contribution in [2.45, 2.75) is 6.54 Å². The van der Waals surface area contributed by atoms with Gasteiger partial charge >= 0.3 is 0 Å². The molecule has 0 fully saturated rings. The van der Waals surface area contributed by atoms with E-state index >= 15 is 0 Å². The van der Waals surface area contributed by atoms with Crippen LogP contribution in [0, 0.1) is 11.6 Å². The van der Waals surface area contributed by atoms with Crippen molar-refractivity contribution in [2.24, 2.45) is 0 Å². The molecule has 1 aromatic carbocycles. The van der Waals surface area contributed by atoms with Crippen molar-refractivity contribution in [1.29, 1.82) is 0 Å². The molecule has 1 aromatic heterocycles. The molecule has 0 bridgehead atoms. The summed E-state index contributed by atoms with van der Waals surface area (Å²) in [7, 11) is 1.47. The minimum atomic E-state index is -0.859. The monoisotopic (exact) mass is 285 g/mol. The molecule has 0 unspecified atom stereocenters. The van der Waals surface area contributed by atoms with Crippen molar-refractivity contribution in [1.82, 2.24) is 14.9 Å². The van der Waals surface area contributed by atoms with E-state index < -0.39 is 17.5 Å². The van der Waals surface area contributed by atoms with Crippen molar-refractivity contribution >= 4 is 17.5 Å². The minimum absolute atomic E-state index is 0.162. The molecule has 1 N–H and O–H groups in total. The van der Waals surface area contributed by atoms with Crippen LogP contribution in [0.3, 0.4) is 0 Å². The van der Waals surface area contributed by atoms with E-state index in [9.17, 15) is 13.6 Å². The van der Waals surface area contributed by atoms with Crippen LogP contribution in [-0.4, -0.2) is 27.8 Å². The van der Waals surface area contributed by atoms with Crippen LogP contribution in [0.1, 0.15) is 16.2 Å². The second-order valence-electron chi connectivity index (χ2n) is 3.94. The Morgan fingerprint density at radius 1 is 1.42 bits per heavy atom. The number of rotatable bonds is 3. The van der Waals surface area contributed by atoms with Gasteiger partial charge in [-0.15, -0.1) is 0 Å². The fourth-order valence-electron chi connectivity index (χ4n) is 1.57. The first kappa shape index (κ1) is 13.5. The van der Waals surface area contributed by atoms with Gasteiger partial charge in [-0.2, -0.15) is 0 Å². The highest BCUT2D eigenvalue weighted by Crippen LogP contribution is 2.20. The van der Waals surface area contributed by atoms with Gasteiger partial charge in [-0.1, -0.05) is 11.6 Å². The molecular weight excluding hydrogens is 276 g/mol. The molecule has 0 radical (unpaired) electrons. The number of nitrogens with one attached hydrogen (secondary N) is 1. The number of hydrogen-bond donors (Lipinski definition) is 1. The maximum atomic E-state index is 13.6. The number of carbonyl (C=O) groups is 1. The first-order chi connectivity index (χ1) is 8.99. The largest absolute Gasteiger partial charge is 0.347 e. The van der Waals surface area contributed by atoms with Crippen molar-refractivity contribution in [3.63, 3.8) is 0 Å². The number of imidazole rings is 1. The maximum Gasteiger partial charge on any atom is 0.257 e. The van der Waals surface area contributed by atoms with Crippen LogP contribution < -0.4 is 0 Å². The Morgan fingerprint density at radius 3 is 2.79 bits per heavy atom. The van der Waals surface area contributed by atoms with Gasteiger partial charge in [0.2, 0.25) is 0 Å². The van der Waals surface area contributed by atoms with Gasteiger partial charge in [0.25, 0.3) is 5.91 Å². The molecule has 0 saturated heterocycles. The third-order valence-electron chi connectivity index (χ3n) is 2.53. The minimum Gasteiger partial charge on any atom is -0.347 e. The molecule has 0 aliphatic carbocycles. The number of benzene rings is 1. The maximum absolute atomic E-state index is 13.6. The normalized spacial score (nSPS) is 10.5. The van der Waals surface area contributed by atoms with Gasteiger partial charge in [-0.25, -0.2) is 13.8 Å². The molecule has 7 heteroatoms. The number of aromatic nitrogens is 2. The summed E-state index contributed by atoms with van der Waals surface area (Å²) >= 11 is 5.43. The lowest BCUT2D eigenvalue weighted by molar-refractivity contribution is 0.0776. The van der Waals surface area contributed by atoms with E-state index in [1.165, 1.54) is 18.1 Å². The summed E-state index contributed by atoms with van der Waals surface area (Å²) in [5, 5.41) is -0.359. The highest BCUT2D eigenvalue weighted by atomic mass is 35.5. The molecule has 0 saturated carbocycles. The summed E-state index contributed by atoms with van der Waals surface area (Å²) in [6.07, 6.45) is 3.15. The third kappa shape index (κ3) is 2.90. The Bertz CT molecular complexity index is 601. The van der Waals surface area contributed by atoms with Gasteiger partial charge in [0, 0.05) is 19.4 Å². The average Bonchev–Trinajstić information content (AvgIpc) is 2.85. The van der Waals surface area contributed by atoms with Crippen molar-refractivity contribution in [2.75, 3.05) is 7.05 Å². The summed E-state index contributed by atoms with van der Waals surface area (Å²) in [6, 6.07) is 1.57. The van der Waals surface area contributed by atoms with Gasteiger partial charge < -0.3 is 9.88 Å². The molecule has 0 spiro atoms. The SMILES string of the molecule is CN(Cc1ncc[nH]1)C(=O)c1cc(F)c(Cl)cc1F. The predicted octanol–water partition coefficient (Wildman–Crippen LogP) is 2.61. The smallest absolute Gasteiger partial charge is 0.257 e. The topological polar surface area (TPSA) is 49.0 Å². The first-order valence-electron chi connectivity index (χ1n) is 5.37. The Labute approximate surface area is 113 Å². The molecule has 2 rings (SSSR count). The zero-order valence-corrected chi connectivity index (χ0v) is 10.7. The highest BCUT2D eigenvalue weighted by Gasteiger charge is 2.19. The molecule has 0 aliphatic rings. The van der Waals surface area contributed by atoms with E-state index in [-0.39, 0.29) is 17.1 Å². The lowest BCUT2D eigenvalue weighted by atomic mass is 10.2. The van der Waals surface area contributed by atoms with Crippen molar-refractivity contribution in [3.05, 3.63) is 52.6 Å². The first-order valence-corrected chi connectivity index (χ1v) is 5.75. The number of carbonyl (C=O) groups excluding carboxylic acids is 1. The van der Waals surface area contributed by atoms with E-state index in [0.717, 1.165) is 12.1 Å². The van der Waals surface area contributed by atoms with Crippen LogP contribution in [-0.2, 0) is 6.54 Å². The van der Waals surface area contributed by atoms with E-state index in [0.29, 0.717) is 5.82 Å². The Hall–Kier alpha value is -1.95. The second kappa shape index (κ2) is 5.36. The van der Waals surface area contributed by atoms with Crippen LogP contribution in [0.15, 0.2) is 24.5 Å². The third-order valence-corrected chi connectivity index (χ3v) is 2.82. The standard InChI is InChI=1S/C12H10ClF2N3O/c1-18(6-11-16-2-3-17-11)12(19)7-4-10(15)8(13)5-9(7)14/h2-5H,6H2,1H3,(H,16,17). The quantitative estimate of drug-likeness (QED) is 0.881. The fourth-order valence-corrected chi connectivity index (χ4v) is 1.72. The van der Waals surface area contributed by atoms with Gasteiger partial charge in [0.15, 0.2) is 0 Å². The molecule has 4 nitrogen and oxygen atoms in total. The number of amides is 1. The number of hydrogen-bond acceptors (Lipinski definition) is 2. The van der Waals surface area contributed by atoms with E-state index in [4.69, 9.17) is 11.6 Å². The van der Waals surface area contributed by atoms with Crippen molar-refractivity contribution < 1.29 is 13.6 Å². The summed E-state index contributed by atoms with van der Waals surface area (Å²) in [4.78, 5) is 20.0. The summed E-state index contributed by atoms with van der Waals surface area (Å²) < 4.78 is 26.9. The molecule has 1 heterocycles. The molecule has 0 aliphatic heterocycles. The van der Waals surface area contributed by atoms with Crippen LogP contribution in [0.2, 0.25) is 5.02 Å². The molecule has 1 amide bonds. The summed E-state index contributed by atoms with van der Waals surface area (Å²) in [5.74, 6) is -1.80. The Kier molecular flexibility index (Phi) is 3.80. The number of nitrogens with zero attached hydrogens (tertiary/aromatic N) is 2. The fraction of sp³-hybridized carbons (Fsp3) is 0.167. The zero-order valence-electron chi connectivity index (χ0n) is 9.95. The zero-order chi connectivity index (χ0) is 14.0. The molecular formula is C12H10ClF2N3O.